The average molecular weight is 264 g/mol. The average Bonchev–Trinajstić information content (AvgIpc) is 2.39. The maximum atomic E-state index is 12.1. The molecule has 0 unspecified atom stereocenters. The molecule has 4 heteroatoms. The molecule has 0 aromatic heterocycles. The Bertz CT molecular complexity index is 422. The number of thioether (sulfide) groups is 1. The van der Waals surface area contributed by atoms with Gasteiger partial charge in [0.1, 0.15) is 0 Å². The molecule has 1 aliphatic rings. The lowest BCUT2D eigenvalue weighted by molar-refractivity contribution is 0.182. The van der Waals surface area contributed by atoms with E-state index < -0.39 is 0 Å². The van der Waals surface area contributed by atoms with Gasteiger partial charge in [0.2, 0.25) is 0 Å². The van der Waals surface area contributed by atoms with Crippen molar-refractivity contribution >= 4 is 23.5 Å². The molecule has 1 aromatic rings. The highest BCUT2D eigenvalue weighted by molar-refractivity contribution is 7.98. The van der Waals surface area contributed by atoms with E-state index in [-0.39, 0.29) is 6.03 Å². The number of anilines is 1. The lowest BCUT2D eigenvalue weighted by Gasteiger charge is -2.30. The number of nitrogens with one attached hydrogen (secondary N) is 1. The SMILES string of the molecule is CSc1cccc(NC(=O)N2CCC[C@H](C)C2)c1. The van der Waals surface area contributed by atoms with Crippen LogP contribution < -0.4 is 5.32 Å². The number of nitrogens with zero attached hydrogens (tertiary/aromatic N) is 1. The lowest BCUT2D eigenvalue weighted by Crippen LogP contribution is -2.41. The Morgan fingerprint density at radius 2 is 2.33 bits per heavy atom. The normalized spacial score (nSPS) is 19.7. The Morgan fingerprint density at radius 1 is 1.50 bits per heavy atom. The molecule has 18 heavy (non-hydrogen) atoms. The number of carbonyl (C=O) groups excluding carboxylic acids is 1. The van der Waals surface area contributed by atoms with Crippen LogP contribution in [0.4, 0.5) is 10.5 Å². The molecule has 0 aliphatic carbocycles. The third-order valence-corrected chi connectivity index (χ3v) is 3.99. The highest BCUT2D eigenvalue weighted by Crippen LogP contribution is 2.20. The zero-order valence-electron chi connectivity index (χ0n) is 11.0. The molecule has 2 rings (SSSR count). The number of carbonyl (C=O) groups is 1. The van der Waals surface area contributed by atoms with Crippen LogP contribution in [0.1, 0.15) is 19.8 Å². The number of piperidine rings is 1. The van der Waals surface area contributed by atoms with E-state index in [0.717, 1.165) is 25.2 Å². The topological polar surface area (TPSA) is 32.3 Å². The molecule has 0 spiro atoms. The van der Waals surface area contributed by atoms with Crippen LogP contribution in [0.5, 0.6) is 0 Å². The van der Waals surface area contributed by atoms with Crippen LogP contribution in [0.3, 0.4) is 0 Å². The second-order valence-electron chi connectivity index (χ2n) is 4.86. The smallest absolute Gasteiger partial charge is 0.321 e. The first-order valence-electron chi connectivity index (χ1n) is 6.39. The molecule has 0 saturated carbocycles. The van der Waals surface area contributed by atoms with Crippen LogP contribution in [0.25, 0.3) is 0 Å². The Kier molecular flexibility index (Phi) is 4.53. The van der Waals surface area contributed by atoms with Gasteiger partial charge in [0.15, 0.2) is 0 Å². The quantitative estimate of drug-likeness (QED) is 0.827. The Labute approximate surface area is 113 Å². The Morgan fingerprint density at radius 3 is 3.06 bits per heavy atom. The van der Waals surface area contributed by atoms with E-state index in [0.29, 0.717) is 5.92 Å². The summed E-state index contributed by atoms with van der Waals surface area (Å²) in [4.78, 5) is 15.2. The van der Waals surface area contributed by atoms with Crippen LogP contribution in [0.2, 0.25) is 0 Å². The third kappa shape index (κ3) is 3.42. The summed E-state index contributed by atoms with van der Waals surface area (Å²) in [6, 6.07) is 7.99. The highest BCUT2D eigenvalue weighted by atomic mass is 32.2. The lowest BCUT2D eigenvalue weighted by atomic mass is 10.0. The first-order valence-corrected chi connectivity index (χ1v) is 7.61. The standard InChI is InChI=1S/C14H20N2OS/c1-11-5-4-8-16(10-11)14(17)15-12-6-3-7-13(9-12)18-2/h3,6-7,9,11H,4-5,8,10H2,1-2H3,(H,15,17)/t11-/m0/s1. The molecule has 1 saturated heterocycles. The number of hydrogen-bond acceptors (Lipinski definition) is 2. The maximum Gasteiger partial charge on any atom is 0.321 e. The largest absolute Gasteiger partial charge is 0.324 e. The van der Waals surface area contributed by atoms with Crippen LogP contribution in [0, 0.1) is 5.92 Å². The molecule has 2 amide bonds. The minimum absolute atomic E-state index is 0.0276. The van der Waals surface area contributed by atoms with Gasteiger partial charge in [0.25, 0.3) is 0 Å². The molecule has 1 fully saturated rings. The van der Waals surface area contributed by atoms with E-state index in [4.69, 9.17) is 0 Å². The van der Waals surface area contributed by atoms with E-state index in [2.05, 4.69) is 12.2 Å². The van der Waals surface area contributed by atoms with Crippen molar-refractivity contribution in [3.05, 3.63) is 24.3 Å². The van der Waals surface area contributed by atoms with Crippen molar-refractivity contribution in [1.82, 2.24) is 4.90 Å². The van der Waals surface area contributed by atoms with Crippen molar-refractivity contribution in [3.8, 4) is 0 Å². The number of hydrogen-bond donors (Lipinski definition) is 1. The molecule has 3 nitrogen and oxygen atoms in total. The van der Waals surface area contributed by atoms with Gasteiger partial charge in [-0.25, -0.2) is 4.79 Å². The van der Waals surface area contributed by atoms with Gasteiger partial charge in [-0.2, -0.15) is 0 Å². The van der Waals surface area contributed by atoms with E-state index >= 15 is 0 Å². The molecule has 1 aliphatic heterocycles. The minimum Gasteiger partial charge on any atom is -0.324 e. The number of benzene rings is 1. The molecule has 1 aromatic carbocycles. The van der Waals surface area contributed by atoms with Gasteiger partial charge < -0.3 is 10.2 Å². The zero-order valence-corrected chi connectivity index (χ0v) is 11.8. The number of rotatable bonds is 2. The van der Waals surface area contributed by atoms with Crippen LogP contribution in [-0.2, 0) is 0 Å². The molecule has 1 N–H and O–H groups in total. The van der Waals surface area contributed by atoms with E-state index in [1.807, 2.05) is 35.4 Å². The molecule has 1 atom stereocenters. The fourth-order valence-corrected chi connectivity index (χ4v) is 2.74. The maximum absolute atomic E-state index is 12.1. The number of urea groups is 1. The fraction of sp³-hybridized carbons (Fsp3) is 0.500. The fourth-order valence-electron chi connectivity index (χ4n) is 2.28. The molecule has 0 radical (unpaired) electrons. The summed E-state index contributed by atoms with van der Waals surface area (Å²) in [5, 5.41) is 2.98. The van der Waals surface area contributed by atoms with Gasteiger partial charge in [-0.15, -0.1) is 11.8 Å². The summed E-state index contributed by atoms with van der Waals surface area (Å²) in [6.07, 6.45) is 4.37. The number of likely N-dealkylation sites (tertiary alicyclic amines) is 1. The minimum atomic E-state index is 0.0276. The predicted molar refractivity (Wildman–Crippen MR) is 77.2 cm³/mol. The second-order valence-corrected chi connectivity index (χ2v) is 5.74. The van der Waals surface area contributed by atoms with Crippen molar-refractivity contribution < 1.29 is 4.79 Å². The van der Waals surface area contributed by atoms with Gasteiger partial charge in [-0.3, -0.25) is 0 Å². The first-order chi connectivity index (χ1) is 8.69. The van der Waals surface area contributed by atoms with Crippen molar-refractivity contribution in [2.75, 3.05) is 24.7 Å². The number of amides is 2. The summed E-state index contributed by atoms with van der Waals surface area (Å²) in [5.74, 6) is 0.613. The van der Waals surface area contributed by atoms with Crippen molar-refractivity contribution in [1.29, 1.82) is 0 Å². The third-order valence-electron chi connectivity index (χ3n) is 3.27. The van der Waals surface area contributed by atoms with Crippen LogP contribution in [0.15, 0.2) is 29.2 Å². The zero-order chi connectivity index (χ0) is 13.0. The molecule has 0 bridgehead atoms. The summed E-state index contributed by atoms with van der Waals surface area (Å²) >= 11 is 1.68. The van der Waals surface area contributed by atoms with Gasteiger partial charge in [0.05, 0.1) is 0 Å². The highest BCUT2D eigenvalue weighted by Gasteiger charge is 2.20. The molecule has 98 valence electrons. The van der Waals surface area contributed by atoms with Crippen molar-refractivity contribution in [2.24, 2.45) is 5.92 Å². The summed E-state index contributed by atoms with van der Waals surface area (Å²) in [6.45, 7) is 3.94. The molecular weight excluding hydrogens is 244 g/mol. The van der Waals surface area contributed by atoms with E-state index in [9.17, 15) is 4.79 Å². The molecular formula is C14H20N2OS. The molecule has 1 heterocycles. The summed E-state index contributed by atoms with van der Waals surface area (Å²) < 4.78 is 0. The monoisotopic (exact) mass is 264 g/mol. The second kappa shape index (κ2) is 6.14. The van der Waals surface area contributed by atoms with E-state index in [1.165, 1.54) is 11.3 Å². The van der Waals surface area contributed by atoms with Gasteiger partial charge in [-0.05, 0) is 43.2 Å². The van der Waals surface area contributed by atoms with Crippen LogP contribution in [-0.4, -0.2) is 30.3 Å². The van der Waals surface area contributed by atoms with Crippen molar-refractivity contribution in [2.45, 2.75) is 24.7 Å². The Balaban J connectivity index is 1.97. The van der Waals surface area contributed by atoms with E-state index in [1.54, 1.807) is 11.8 Å². The van der Waals surface area contributed by atoms with Crippen LogP contribution >= 0.6 is 11.8 Å². The van der Waals surface area contributed by atoms with Crippen molar-refractivity contribution in [3.63, 3.8) is 0 Å². The first kappa shape index (κ1) is 13.3. The predicted octanol–water partition coefficient (Wildman–Crippen LogP) is 3.67. The van der Waals surface area contributed by atoms with Gasteiger partial charge in [0, 0.05) is 23.7 Å². The summed E-state index contributed by atoms with van der Waals surface area (Å²) in [7, 11) is 0. The van der Waals surface area contributed by atoms with Gasteiger partial charge in [-0.1, -0.05) is 13.0 Å². The summed E-state index contributed by atoms with van der Waals surface area (Å²) in [5.41, 5.74) is 0.880. The Hall–Kier alpha value is -1.16. The van der Waals surface area contributed by atoms with Gasteiger partial charge >= 0.3 is 6.03 Å².